The lowest BCUT2D eigenvalue weighted by molar-refractivity contribution is 0.670. The number of hydrogen-bond acceptors (Lipinski definition) is 3. The van der Waals surface area contributed by atoms with E-state index in [9.17, 15) is 0 Å². The third kappa shape index (κ3) is 4.61. The van der Waals surface area contributed by atoms with Gasteiger partial charge in [-0.2, -0.15) is 0 Å². The molecule has 4 aromatic heterocycles. The van der Waals surface area contributed by atoms with Gasteiger partial charge in [0.1, 0.15) is 11.2 Å². The first kappa shape index (κ1) is 32.1. The molecule has 5 heteroatoms. The molecule has 0 aliphatic rings. The van der Waals surface area contributed by atoms with E-state index in [2.05, 4.69) is 191 Å². The Balaban J connectivity index is 1.21. The minimum Gasteiger partial charge on any atom is -0.455 e. The number of nitrogens with zero attached hydrogens (tertiary/aromatic N) is 4. The van der Waals surface area contributed by atoms with E-state index in [0.29, 0.717) is 5.95 Å². The Morgan fingerprint density at radius 3 is 1.92 bits per heavy atom. The molecule has 0 bridgehead atoms. The van der Waals surface area contributed by atoms with E-state index in [1.807, 2.05) is 12.1 Å². The van der Waals surface area contributed by atoms with Gasteiger partial charge in [0.15, 0.2) is 0 Å². The molecule has 0 spiro atoms. The van der Waals surface area contributed by atoms with Gasteiger partial charge in [-0.25, -0.2) is 9.97 Å². The van der Waals surface area contributed by atoms with Crippen LogP contribution in [0.15, 0.2) is 199 Å². The van der Waals surface area contributed by atoms with Gasteiger partial charge < -0.3 is 8.98 Å². The standard InChI is InChI=1S/C54H32N4O/c1-3-15-33(16-4-1)42-31-36(32-43-38-21-11-14-26-48(38)59-53(42)43)57-46-29-27-34-17-7-8-20-37(34)49(46)41-28-30-47-50(52(41)57)40-23-10-13-25-45(40)58(47)54-55-44-24-12-9-22-39(44)51(56-54)35-18-5-2-6-19-35/h1-32H. The highest BCUT2D eigenvalue weighted by Crippen LogP contribution is 2.46. The van der Waals surface area contributed by atoms with E-state index >= 15 is 0 Å². The first-order chi connectivity index (χ1) is 29.3. The fourth-order valence-electron chi connectivity index (χ4n) is 9.56. The lowest BCUT2D eigenvalue weighted by Crippen LogP contribution is -2.03. The first-order valence-corrected chi connectivity index (χ1v) is 20.0. The lowest BCUT2D eigenvalue weighted by Gasteiger charge is -2.13. The van der Waals surface area contributed by atoms with Crippen molar-refractivity contribution in [2.45, 2.75) is 0 Å². The second kappa shape index (κ2) is 12.2. The number of aromatic nitrogens is 4. The van der Waals surface area contributed by atoms with E-state index in [0.717, 1.165) is 93.8 Å². The zero-order valence-corrected chi connectivity index (χ0v) is 31.7. The second-order valence-electron chi connectivity index (χ2n) is 15.3. The fraction of sp³-hybridized carbons (Fsp3) is 0. The molecule has 0 saturated heterocycles. The van der Waals surface area contributed by atoms with Crippen molar-refractivity contribution < 1.29 is 4.42 Å². The van der Waals surface area contributed by atoms with Crippen LogP contribution in [0.2, 0.25) is 0 Å². The zero-order valence-electron chi connectivity index (χ0n) is 31.7. The summed E-state index contributed by atoms with van der Waals surface area (Å²) in [4.78, 5) is 10.7. The van der Waals surface area contributed by atoms with E-state index in [4.69, 9.17) is 14.4 Å². The number of benzene rings is 9. The summed E-state index contributed by atoms with van der Waals surface area (Å²) in [5, 5.41) is 10.3. The summed E-state index contributed by atoms with van der Waals surface area (Å²) in [6, 6.07) is 68.9. The Kier molecular flexibility index (Phi) is 6.66. The monoisotopic (exact) mass is 752 g/mol. The van der Waals surface area contributed by atoms with E-state index < -0.39 is 0 Å². The average Bonchev–Trinajstić information content (AvgIpc) is 3.97. The van der Waals surface area contributed by atoms with Crippen LogP contribution in [-0.4, -0.2) is 19.1 Å². The van der Waals surface area contributed by atoms with Crippen LogP contribution in [0.4, 0.5) is 0 Å². The zero-order chi connectivity index (χ0) is 38.6. The highest BCUT2D eigenvalue weighted by Gasteiger charge is 2.25. The molecule has 13 aromatic rings. The molecular formula is C54H32N4O. The Bertz CT molecular complexity index is 3840. The topological polar surface area (TPSA) is 48.8 Å². The largest absolute Gasteiger partial charge is 0.455 e. The molecule has 0 atom stereocenters. The molecule has 0 aliphatic heterocycles. The van der Waals surface area contributed by atoms with Gasteiger partial charge in [0.05, 0.1) is 33.3 Å². The van der Waals surface area contributed by atoms with Gasteiger partial charge in [-0.3, -0.25) is 4.57 Å². The van der Waals surface area contributed by atoms with Crippen molar-refractivity contribution in [1.82, 2.24) is 19.1 Å². The van der Waals surface area contributed by atoms with E-state index in [-0.39, 0.29) is 0 Å². The van der Waals surface area contributed by atoms with Crippen LogP contribution >= 0.6 is 0 Å². The van der Waals surface area contributed by atoms with Crippen LogP contribution in [-0.2, 0) is 0 Å². The van der Waals surface area contributed by atoms with Gasteiger partial charge in [0, 0.05) is 54.5 Å². The van der Waals surface area contributed by atoms with Crippen LogP contribution in [0.3, 0.4) is 0 Å². The highest BCUT2D eigenvalue weighted by atomic mass is 16.3. The molecule has 0 aliphatic carbocycles. The Labute approximate surface area is 337 Å². The normalized spacial score (nSPS) is 12.1. The third-order valence-electron chi connectivity index (χ3n) is 12.1. The number of furan rings is 1. The van der Waals surface area contributed by atoms with Gasteiger partial charge in [-0.15, -0.1) is 0 Å². The Hall–Kier alpha value is -8.02. The van der Waals surface area contributed by atoms with Crippen LogP contribution in [0, 0.1) is 0 Å². The molecule has 0 saturated carbocycles. The minimum atomic E-state index is 0.638. The van der Waals surface area contributed by atoms with Crippen LogP contribution in [0.1, 0.15) is 0 Å². The summed E-state index contributed by atoms with van der Waals surface area (Å²) in [6.07, 6.45) is 0. The molecule has 4 heterocycles. The van der Waals surface area contributed by atoms with Crippen molar-refractivity contribution >= 4 is 87.2 Å². The van der Waals surface area contributed by atoms with Gasteiger partial charge in [-0.1, -0.05) is 152 Å². The smallest absolute Gasteiger partial charge is 0.235 e. The molecule has 274 valence electrons. The Morgan fingerprint density at radius 2 is 1.07 bits per heavy atom. The van der Waals surface area contributed by atoms with E-state index in [1.54, 1.807) is 0 Å². The highest BCUT2D eigenvalue weighted by molar-refractivity contribution is 6.30. The van der Waals surface area contributed by atoms with Crippen molar-refractivity contribution in [3.8, 4) is 34.0 Å². The summed E-state index contributed by atoms with van der Waals surface area (Å²) in [7, 11) is 0. The van der Waals surface area contributed by atoms with Gasteiger partial charge in [0.25, 0.3) is 0 Å². The Morgan fingerprint density at radius 1 is 0.407 bits per heavy atom. The van der Waals surface area contributed by atoms with Crippen LogP contribution < -0.4 is 0 Å². The maximum absolute atomic E-state index is 6.67. The molecule has 0 amide bonds. The van der Waals surface area contributed by atoms with Gasteiger partial charge in [-0.05, 0) is 58.8 Å². The van der Waals surface area contributed by atoms with Crippen molar-refractivity contribution in [2.24, 2.45) is 0 Å². The van der Waals surface area contributed by atoms with Crippen molar-refractivity contribution in [2.75, 3.05) is 0 Å². The number of hydrogen-bond donors (Lipinski definition) is 0. The first-order valence-electron chi connectivity index (χ1n) is 20.0. The molecule has 59 heavy (non-hydrogen) atoms. The number of rotatable bonds is 4. The van der Waals surface area contributed by atoms with Gasteiger partial charge in [0.2, 0.25) is 5.95 Å². The van der Waals surface area contributed by atoms with Crippen molar-refractivity contribution in [3.63, 3.8) is 0 Å². The van der Waals surface area contributed by atoms with Crippen LogP contribution in [0.5, 0.6) is 0 Å². The maximum atomic E-state index is 6.67. The predicted molar refractivity (Wildman–Crippen MR) is 244 cm³/mol. The summed E-state index contributed by atoms with van der Waals surface area (Å²) < 4.78 is 11.4. The maximum Gasteiger partial charge on any atom is 0.235 e. The molecular weight excluding hydrogens is 721 g/mol. The number of fused-ring (bicyclic) bond motifs is 13. The van der Waals surface area contributed by atoms with Crippen molar-refractivity contribution in [3.05, 3.63) is 194 Å². The molecule has 0 unspecified atom stereocenters. The van der Waals surface area contributed by atoms with Crippen LogP contribution in [0.25, 0.3) is 121 Å². The van der Waals surface area contributed by atoms with Gasteiger partial charge >= 0.3 is 0 Å². The summed E-state index contributed by atoms with van der Waals surface area (Å²) in [5.74, 6) is 0.638. The fourth-order valence-corrected chi connectivity index (χ4v) is 9.56. The summed E-state index contributed by atoms with van der Waals surface area (Å²) in [5.41, 5.74) is 12.2. The average molecular weight is 753 g/mol. The third-order valence-corrected chi connectivity index (χ3v) is 12.1. The minimum absolute atomic E-state index is 0.638. The SMILES string of the molecule is c1ccc(-c2nc(-n3c4ccccc4c4c3ccc3c5c6ccccc6ccc5n(-c5cc(-c6ccccc6)c6oc7ccccc7c6c5)c34)nc3ccccc23)cc1. The molecule has 9 aromatic carbocycles. The molecule has 0 radical (unpaired) electrons. The molecule has 5 nitrogen and oxygen atoms in total. The molecule has 0 N–H and O–H groups in total. The van der Waals surface area contributed by atoms with Crippen molar-refractivity contribution in [1.29, 1.82) is 0 Å². The second-order valence-corrected chi connectivity index (χ2v) is 15.3. The summed E-state index contributed by atoms with van der Waals surface area (Å²) in [6.45, 7) is 0. The number of para-hydroxylation sites is 3. The molecule has 13 rings (SSSR count). The summed E-state index contributed by atoms with van der Waals surface area (Å²) >= 11 is 0. The quantitative estimate of drug-likeness (QED) is 0.180. The predicted octanol–water partition coefficient (Wildman–Crippen LogP) is 14.2. The van der Waals surface area contributed by atoms with E-state index in [1.165, 1.54) is 21.5 Å². The lowest BCUT2D eigenvalue weighted by atomic mass is 10.0. The molecule has 0 fully saturated rings.